The molecule has 0 amide bonds. The Labute approximate surface area is 117 Å². The number of piperidine rings is 1. The van der Waals surface area contributed by atoms with Crippen LogP contribution in [0.15, 0.2) is 24.3 Å². The molecule has 4 N–H and O–H groups in total. The Morgan fingerprint density at radius 1 is 1.11 bits per heavy atom. The molecule has 1 aliphatic rings. The molecule has 19 heavy (non-hydrogen) atoms. The third kappa shape index (κ3) is 4.22. The van der Waals surface area contributed by atoms with Crippen LogP contribution >= 0.6 is 0 Å². The molecule has 1 saturated heterocycles. The average molecular weight is 261 g/mol. The van der Waals surface area contributed by atoms with E-state index in [1.54, 1.807) is 0 Å². The standard InChI is InChI=1S/C16H27N3/c1-15(2)9-14(10-16(3,4)19-15)18-11-12-5-7-13(17)8-6-12/h5-8,14,18-19H,9-11,17H2,1-4H3. The molecule has 2 rings (SSSR count). The van der Waals surface area contributed by atoms with Crippen LogP contribution in [0.1, 0.15) is 46.1 Å². The van der Waals surface area contributed by atoms with E-state index in [0.717, 1.165) is 25.1 Å². The van der Waals surface area contributed by atoms with Gasteiger partial charge < -0.3 is 16.4 Å². The molecule has 0 saturated carbocycles. The molecule has 0 radical (unpaired) electrons. The van der Waals surface area contributed by atoms with Gasteiger partial charge in [0.2, 0.25) is 0 Å². The minimum Gasteiger partial charge on any atom is -0.399 e. The molecule has 0 bridgehead atoms. The lowest BCUT2D eigenvalue weighted by Crippen LogP contribution is -2.61. The summed E-state index contributed by atoms with van der Waals surface area (Å²) in [5.74, 6) is 0. The summed E-state index contributed by atoms with van der Waals surface area (Å²) in [6, 6.07) is 8.68. The maximum Gasteiger partial charge on any atom is 0.0314 e. The van der Waals surface area contributed by atoms with E-state index in [-0.39, 0.29) is 11.1 Å². The second kappa shape index (κ2) is 5.14. The lowest BCUT2D eigenvalue weighted by atomic mass is 9.79. The zero-order valence-electron chi connectivity index (χ0n) is 12.6. The highest BCUT2D eigenvalue weighted by Crippen LogP contribution is 2.28. The van der Waals surface area contributed by atoms with E-state index < -0.39 is 0 Å². The number of benzene rings is 1. The van der Waals surface area contributed by atoms with Crippen molar-refractivity contribution in [1.82, 2.24) is 10.6 Å². The molecule has 1 fully saturated rings. The fourth-order valence-electron chi connectivity index (χ4n) is 3.36. The van der Waals surface area contributed by atoms with E-state index in [0.29, 0.717) is 6.04 Å². The minimum atomic E-state index is 0.195. The number of nitrogen functional groups attached to an aromatic ring is 1. The van der Waals surface area contributed by atoms with Crippen molar-refractivity contribution in [3.05, 3.63) is 29.8 Å². The number of rotatable bonds is 3. The number of hydrogen-bond donors (Lipinski definition) is 3. The van der Waals surface area contributed by atoms with Crippen molar-refractivity contribution in [2.75, 3.05) is 5.73 Å². The van der Waals surface area contributed by atoms with Crippen molar-refractivity contribution in [2.45, 2.75) is 64.2 Å². The first-order chi connectivity index (χ1) is 8.76. The zero-order valence-corrected chi connectivity index (χ0v) is 12.6. The normalized spacial score (nSPS) is 22.3. The Morgan fingerprint density at radius 3 is 2.16 bits per heavy atom. The summed E-state index contributed by atoms with van der Waals surface area (Å²) in [6.07, 6.45) is 2.32. The summed E-state index contributed by atoms with van der Waals surface area (Å²) >= 11 is 0. The molecule has 3 nitrogen and oxygen atoms in total. The van der Waals surface area contributed by atoms with Gasteiger partial charge in [0.1, 0.15) is 0 Å². The predicted octanol–water partition coefficient (Wildman–Crippen LogP) is 2.67. The van der Waals surface area contributed by atoms with Gasteiger partial charge in [-0.1, -0.05) is 12.1 Å². The van der Waals surface area contributed by atoms with Crippen molar-refractivity contribution in [3.63, 3.8) is 0 Å². The second-order valence-electron chi connectivity index (χ2n) is 7.12. The van der Waals surface area contributed by atoms with Gasteiger partial charge >= 0.3 is 0 Å². The molecule has 0 aromatic heterocycles. The van der Waals surface area contributed by atoms with Gasteiger partial charge in [0.15, 0.2) is 0 Å². The highest BCUT2D eigenvalue weighted by atomic mass is 15.1. The molecule has 0 spiro atoms. The Bertz CT molecular complexity index is 404. The Kier molecular flexibility index (Phi) is 3.88. The summed E-state index contributed by atoms with van der Waals surface area (Å²) in [7, 11) is 0. The van der Waals surface area contributed by atoms with Crippen LogP contribution in [0.3, 0.4) is 0 Å². The van der Waals surface area contributed by atoms with Crippen molar-refractivity contribution < 1.29 is 0 Å². The van der Waals surface area contributed by atoms with Crippen LogP contribution in [0.2, 0.25) is 0 Å². The first-order valence-corrected chi connectivity index (χ1v) is 7.13. The Balaban J connectivity index is 1.93. The average Bonchev–Trinajstić information content (AvgIpc) is 2.24. The van der Waals surface area contributed by atoms with Crippen LogP contribution in [-0.2, 0) is 6.54 Å². The number of anilines is 1. The highest BCUT2D eigenvalue weighted by Gasteiger charge is 2.37. The van der Waals surface area contributed by atoms with Crippen LogP contribution in [-0.4, -0.2) is 17.1 Å². The van der Waals surface area contributed by atoms with E-state index >= 15 is 0 Å². The van der Waals surface area contributed by atoms with Crippen LogP contribution in [0.5, 0.6) is 0 Å². The summed E-state index contributed by atoms with van der Waals surface area (Å²) in [4.78, 5) is 0. The highest BCUT2D eigenvalue weighted by molar-refractivity contribution is 5.39. The van der Waals surface area contributed by atoms with Crippen molar-refractivity contribution in [1.29, 1.82) is 0 Å². The molecular weight excluding hydrogens is 234 g/mol. The molecule has 1 heterocycles. The SMILES string of the molecule is CC1(C)CC(NCc2ccc(N)cc2)CC(C)(C)N1. The lowest BCUT2D eigenvalue weighted by molar-refractivity contribution is 0.145. The van der Waals surface area contributed by atoms with Gasteiger partial charge in [-0.15, -0.1) is 0 Å². The molecule has 106 valence electrons. The van der Waals surface area contributed by atoms with Crippen molar-refractivity contribution in [2.24, 2.45) is 0 Å². The molecule has 1 aromatic rings. The molecule has 0 aliphatic carbocycles. The van der Waals surface area contributed by atoms with Gasteiger partial charge in [0.05, 0.1) is 0 Å². The van der Waals surface area contributed by atoms with Gasteiger partial charge in [-0.3, -0.25) is 0 Å². The van der Waals surface area contributed by atoms with Gasteiger partial charge in [0.25, 0.3) is 0 Å². The van der Waals surface area contributed by atoms with E-state index in [4.69, 9.17) is 5.73 Å². The molecular formula is C16H27N3. The number of hydrogen-bond acceptors (Lipinski definition) is 3. The van der Waals surface area contributed by atoms with Gasteiger partial charge in [-0.2, -0.15) is 0 Å². The summed E-state index contributed by atoms with van der Waals surface area (Å²) in [5.41, 5.74) is 8.22. The van der Waals surface area contributed by atoms with Crippen LogP contribution < -0.4 is 16.4 Å². The fraction of sp³-hybridized carbons (Fsp3) is 0.625. The van der Waals surface area contributed by atoms with Gasteiger partial charge in [-0.05, 0) is 58.2 Å². The molecule has 0 atom stereocenters. The quantitative estimate of drug-likeness (QED) is 0.733. The van der Waals surface area contributed by atoms with Crippen LogP contribution in [0.25, 0.3) is 0 Å². The maximum absolute atomic E-state index is 5.71. The molecule has 3 heteroatoms. The zero-order chi connectivity index (χ0) is 14.1. The largest absolute Gasteiger partial charge is 0.399 e. The molecule has 1 aromatic carbocycles. The van der Waals surface area contributed by atoms with Crippen LogP contribution in [0.4, 0.5) is 5.69 Å². The summed E-state index contributed by atoms with van der Waals surface area (Å²) in [5, 5.41) is 7.40. The Morgan fingerprint density at radius 2 is 1.63 bits per heavy atom. The van der Waals surface area contributed by atoms with E-state index in [1.807, 2.05) is 12.1 Å². The lowest BCUT2D eigenvalue weighted by Gasteiger charge is -2.46. The number of nitrogens with one attached hydrogen (secondary N) is 2. The maximum atomic E-state index is 5.71. The van der Waals surface area contributed by atoms with E-state index in [9.17, 15) is 0 Å². The summed E-state index contributed by atoms with van der Waals surface area (Å²) < 4.78 is 0. The first kappa shape index (κ1) is 14.4. The Hall–Kier alpha value is -1.06. The third-order valence-electron chi connectivity index (χ3n) is 3.76. The smallest absolute Gasteiger partial charge is 0.0314 e. The second-order valence-corrected chi connectivity index (χ2v) is 7.12. The van der Waals surface area contributed by atoms with Gasteiger partial charge in [-0.25, -0.2) is 0 Å². The predicted molar refractivity (Wildman–Crippen MR) is 82.0 cm³/mol. The monoisotopic (exact) mass is 261 g/mol. The van der Waals surface area contributed by atoms with Gasteiger partial charge in [0, 0.05) is 29.4 Å². The van der Waals surface area contributed by atoms with Crippen molar-refractivity contribution in [3.8, 4) is 0 Å². The van der Waals surface area contributed by atoms with E-state index in [1.165, 1.54) is 5.56 Å². The summed E-state index contributed by atoms with van der Waals surface area (Å²) in [6.45, 7) is 10.0. The minimum absolute atomic E-state index is 0.195. The van der Waals surface area contributed by atoms with E-state index in [2.05, 4.69) is 50.5 Å². The topological polar surface area (TPSA) is 50.1 Å². The fourth-order valence-corrected chi connectivity index (χ4v) is 3.36. The van der Waals surface area contributed by atoms with Crippen LogP contribution in [0, 0.1) is 0 Å². The third-order valence-corrected chi connectivity index (χ3v) is 3.76. The molecule has 1 aliphatic heterocycles. The first-order valence-electron chi connectivity index (χ1n) is 7.13. The number of nitrogens with two attached hydrogens (primary N) is 1. The van der Waals surface area contributed by atoms with Crippen molar-refractivity contribution >= 4 is 5.69 Å². The molecule has 0 unspecified atom stereocenters.